The van der Waals surface area contributed by atoms with Crippen molar-refractivity contribution in [3.05, 3.63) is 76.7 Å². The third-order valence-electron chi connectivity index (χ3n) is 5.61. The first-order valence-electron chi connectivity index (χ1n) is 10.5. The summed E-state index contributed by atoms with van der Waals surface area (Å²) in [7, 11) is -3.85. The predicted molar refractivity (Wildman–Crippen MR) is 125 cm³/mol. The molecule has 2 amide bonds. The van der Waals surface area contributed by atoms with Crippen LogP contribution in [0.1, 0.15) is 39.7 Å². The Labute approximate surface area is 192 Å². The third-order valence-corrected chi connectivity index (χ3v) is 6.97. The van der Waals surface area contributed by atoms with Crippen LogP contribution < -0.4 is 10.0 Å². The third kappa shape index (κ3) is 4.78. The Hall–Kier alpha value is -3.59. The van der Waals surface area contributed by atoms with Crippen molar-refractivity contribution in [3.63, 3.8) is 0 Å². The molecular weight excluding hydrogens is 442 g/mol. The first-order valence-corrected chi connectivity index (χ1v) is 12.0. The van der Waals surface area contributed by atoms with Crippen LogP contribution in [0.4, 0.5) is 11.4 Å². The van der Waals surface area contributed by atoms with E-state index in [1.54, 1.807) is 43.0 Å². The maximum Gasteiger partial charge on any atom is 0.289 e. The van der Waals surface area contributed by atoms with Gasteiger partial charge in [0.25, 0.3) is 15.9 Å². The number of furan rings is 1. The highest BCUT2D eigenvalue weighted by Gasteiger charge is 2.24. The van der Waals surface area contributed by atoms with E-state index in [9.17, 15) is 18.0 Å². The topological polar surface area (TPSA) is 109 Å². The van der Waals surface area contributed by atoms with Crippen molar-refractivity contribution >= 4 is 33.2 Å². The van der Waals surface area contributed by atoms with Gasteiger partial charge in [0.15, 0.2) is 5.76 Å². The van der Waals surface area contributed by atoms with Gasteiger partial charge in [-0.15, -0.1) is 0 Å². The average molecular weight is 468 g/mol. The summed E-state index contributed by atoms with van der Waals surface area (Å²) in [6, 6.07) is 11.7. The maximum atomic E-state index is 13.1. The number of aryl methyl sites for hydroxylation is 2. The fourth-order valence-electron chi connectivity index (χ4n) is 4.02. The molecule has 1 aromatic heterocycles. The highest BCUT2D eigenvalue weighted by Crippen LogP contribution is 2.28. The minimum atomic E-state index is -3.85. The molecule has 2 N–H and O–H groups in total. The molecule has 0 unspecified atom stereocenters. The number of hydrogen-bond acceptors (Lipinski definition) is 5. The van der Waals surface area contributed by atoms with Crippen LogP contribution in [-0.4, -0.2) is 31.7 Å². The molecule has 1 aliphatic rings. The summed E-state index contributed by atoms with van der Waals surface area (Å²) in [4.78, 5) is 25.8. The number of fused-ring (bicyclic) bond motifs is 1. The van der Waals surface area contributed by atoms with Gasteiger partial charge in [-0.3, -0.25) is 14.3 Å². The summed E-state index contributed by atoms with van der Waals surface area (Å²) >= 11 is 0. The smallest absolute Gasteiger partial charge is 0.289 e. The van der Waals surface area contributed by atoms with Crippen LogP contribution in [0.25, 0.3) is 0 Å². The molecule has 3 aromatic rings. The van der Waals surface area contributed by atoms with Crippen molar-refractivity contribution < 1.29 is 22.4 Å². The molecule has 9 heteroatoms. The lowest BCUT2D eigenvalue weighted by atomic mass is 9.99. The minimum Gasteiger partial charge on any atom is -0.459 e. The van der Waals surface area contributed by atoms with Crippen LogP contribution in [-0.2, 0) is 27.8 Å². The van der Waals surface area contributed by atoms with Crippen LogP contribution in [0.5, 0.6) is 0 Å². The standard InChI is InChI=1S/C24H25N3O5S/c1-15-11-21(12-16(2)23(15)25-17(3)28)33(30,31)26-20-7-6-18-8-9-27(14-19(18)13-20)24(29)22-5-4-10-32-22/h4-7,10-13,26H,8-9,14H2,1-3H3,(H,25,28). The Bertz CT molecular complexity index is 1310. The lowest BCUT2D eigenvalue weighted by molar-refractivity contribution is -0.114. The van der Waals surface area contributed by atoms with Crippen molar-refractivity contribution in [1.29, 1.82) is 0 Å². The number of nitrogens with one attached hydrogen (secondary N) is 2. The second kappa shape index (κ2) is 8.74. The number of hydrogen-bond donors (Lipinski definition) is 2. The summed E-state index contributed by atoms with van der Waals surface area (Å²) in [6.07, 6.45) is 2.14. The fourth-order valence-corrected chi connectivity index (χ4v) is 5.24. The molecule has 1 aliphatic heterocycles. The van der Waals surface area contributed by atoms with E-state index in [0.29, 0.717) is 42.0 Å². The summed E-state index contributed by atoms with van der Waals surface area (Å²) in [5.74, 6) is -0.130. The average Bonchev–Trinajstić information content (AvgIpc) is 3.29. The zero-order chi connectivity index (χ0) is 23.8. The quantitative estimate of drug-likeness (QED) is 0.592. The van der Waals surface area contributed by atoms with E-state index in [2.05, 4.69) is 10.0 Å². The highest BCUT2D eigenvalue weighted by atomic mass is 32.2. The first kappa shape index (κ1) is 22.6. The number of benzene rings is 2. The van der Waals surface area contributed by atoms with E-state index >= 15 is 0 Å². The largest absolute Gasteiger partial charge is 0.459 e. The summed E-state index contributed by atoms with van der Waals surface area (Å²) in [5, 5.41) is 2.73. The zero-order valence-electron chi connectivity index (χ0n) is 18.6. The summed E-state index contributed by atoms with van der Waals surface area (Å²) < 4.78 is 34.0. The van der Waals surface area contributed by atoms with Gasteiger partial charge in [0.05, 0.1) is 11.2 Å². The monoisotopic (exact) mass is 467 g/mol. The highest BCUT2D eigenvalue weighted by molar-refractivity contribution is 7.92. The van der Waals surface area contributed by atoms with Crippen molar-refractivity contribution in [2.75, 3.05) is 16.6 Å². The molecular formula is C24H25N3O5S. The van der Waals surface area contributed by atoms with Crippen LogP contribution >= 0.6 is 0 Å². The molecule has 0 saturated heterocycles. The van der Waals surface area contributed by atoms with Crippen LogP contribution in [0.3, 0.4) is 0 Å². The van der Waals surface area contributed by atoms with E-state index in [0.717, 1.165) is 11.1 Å². The Balaban J connectivity index is 1.56. The summed E-state index contributed by atoms with van der Waals surface area (Å²) in [6.45, 7) is 5.84. The van der Waals surface area contributed by atoms with Gasteiger partial charge in [-0.05, 0) is 78.9 Å². The molecule has 0 atom stereocenters. The van der Waals surface area contributed by atoms with Gasteiger partial charge >= 0.3 is 0 Å². The molecule has 0 spiro atoms. The molecule has 0 radical (unpaired) electrons. The van der Waals surface area contributed by atoms with Gasteiger partial charge < -0.3 is 14.6 Å². The van der Waals surface area contributed by atoms with Crippen molar-refractivity contribution in [2.24, 2.45) is 0 Å². The molecule has 0 aliphatic carbocycles. The normalized spacial score (nSPS) is 13.4. The van der Waals surface area contributed by atoms with Gasteiger partial charge in [-0.2, -0.15) is 0 Å². The fraction of sp³-hybridized carbons (Fsp3) is 0.250. The SMILES string of the molecule is CC(=O)Nc1c(C)cc(S(=O)(=O)Nc2ccc3c(c2)CN(C(=O)c2ccco2)CC3)cc1C. The number of carbonyl (C=O) groups excluding carboxylic acids is 2. The van der Waals surface area contributed by atoms with Gasteiger partial charge in [0.2, 0.25) is 5.91 Å². The molecule has 0 fully saturated rings. The number of nitrogens with zero attached hydrogens (tertiary/aromatic N) is 1. The second-order valence-corrected chi connectivity index (χ2v) is 9.84. The number of amides is 2. The van der Waals surface area contributed by atoms with Gasteiger partial charge in [-0.1, -0.05) is 6.07 Å². The van der Waals surface area contributed by atoms with E-state index in [1.807, 2.05) is 6.07 Å². The zero-order valence-corrected chi connectivity index (χ0v) is 19.5. The number of rotatable bonds is 5. The maximum absolute atomic E-state index is 13.1. The number of carbonyl (C=O) groups is 2. The van der Waals surface area contributed by atoms with E-state index in [1.165, 1.54) is 25.3 Å². The second-order valence-electron chi connectivity index (χ2n) is 8.16. The van der Waals surface area contributed by atoms with E-state index in [4.69, 9.17) is 4.42 Å². The molecule has 8 nitrogen and oxygen atoms in total. The number of sulfonamides is 1. The number of anilines is 2. The molecule has 4 rings (SSSR count). The minimum absolute atomic E-state index is 0.110. The Morgan fingerprint density at radius 1 is 1.03 bits per heavy atom. The molecule has 0 bridgehead atoms. The lowest BCUT2D eigenvalue weighted by Crippen LogP contribution is -2.35. The van der Waals surface area contributed by atoms with Gasteiger partial charge in [-0.25, -0.2) is 8.42 Å². The Morgan fingerprint density at radius 2 is 1.76 bits per heavy atom. The summed E-state index contributed by atoms with van der Waals surface area (Å²) in [5.41, 5.74) is 4.30. The Morgan fingerprint density at radius 3 is 2.39 bits per heavy atom. The van der Waals surface area contributed by atoms with Crippen molar-refractivity contribution in [1.82, 2.24) is 4.90 Å². The predicted octanol–water partition coefficient (Wildman–Crippen LogP) is 3.85. The molecule has 172 valence electrons. The van der Waals surface area contributed by atoms with Crippen LogP contribution in [0.15, 0.2) is 58.0 Å². The van der Waals surface area contributed by atoms with E-state index in [-0.39, 0.29) is 22.5 Å². The molecule has 0 saturated carbocycles. The van der Waals surface area contributed by atoms with Crippen molar-refractivity contribution in [3.8, 4) is 0 Å². The van der Waals surface area contributed by atoms with Gasteiger partial charge in [0, 0.05) is 31.4 Å². The van der Waals surface area contributed by atoms with Crippen molar-refractivity contribution in [2.45, 2.75) is 38.6 Å². The lowest BCUT2D eigenvalue weighted by Gasteiger charge is -2.28. The molecule has 2 heterocycles. The van der Waals surface area contributed by atoms with Crippen LogP contribution in [0, 0.1) is 13.8 Å². The molecule has 33 heavy (non-hydrogen) atoms. The van der Waals surface area contributed by atoms with E-state index < -0.39 is 10.0 Å². The Kier molecular flexibility index (Phi) is 5.99. The first-order chi connectivity index (χ1) is 15.6. The van der Waals surface area contributed by atoms with Crippen LogP contribution in [0.2, 0.25) is 0 Å². The molecule has 2 aromatic carbocycles. The van der Waals surface area contributed by atoms with Gasteiger partial charge in [0.1, 0.15) is 0 Å².